The second kappa shape index (κ2) is 7.67. The molecule has 7 heteroatoms. The van der Waals surface area contributed by atoms with Gasteiger partial charge in [-0.15, -0.1) is 0 Å². The van der Waals surface area contributed by atoms with Crippen LogP contribution in [0.2, 0.25) is 0 Å². The number of nitriles is 1. The molecule has 3 heterocycles. The monoisotopic (exact) mass is 513 g/mol. The Bertz CT molecular complexity index is 1520. The highest BCUT2D eigenvalue weighted by atomic mass is 16.5. The Kier molecular flexibility index (Phi) is 4.90. The zero-order chi connectivity index (χ0) is 26.7. The molecule has 3 fully saturated rings. The Morgan fingerprint density at radius 1 is 1.16 bits per heavy atom. The molecule has 3 N–H and O–H groups in total. The van der Waals surface area contributed by atoms with E-state index in [4.69, 9.17) is 4.74 Å². The number of benzene rings is 1. The van der Waals surface area contributed by atoms with E-state index >= 15 is 0 Å². The molecule has 8 unspecified atom stereocenters. The van der Waals surface area contributed by atoms with Crippen molar-refractivity contribution in [3.8, 4) is 6.07 Å². The fourth-order valence-electron chi connectivity index (χ4n) is 9.05. The average molecular weight is 514 g/mol. The number of aromatic nitrogens is 1. The van der Waals surface area contributed by atoms with E-state index in [-0.39, 0.29) is 22.9 Å². The minimum absolute atomic E-state index is 0.0841. The first-order chi connectivity index (χ1) is 18.1. The van der Waals surface area contributed by atoms with Gasteiger partial charge in [-0.1, -0.05) is 25.1 Å². The molecule has 7 rings (SSSR count). The second-order valence-electron chi connectivity index (χ2n) is 12.8. The molecular formula is C31H35N3O4. The number of pyridine rings is 1. The van der Waals surface area contributed by atoms with Crippen LogP contribution in [0.4, 0.5) is 0 Å². The number of aromatic amines is 1. The summed E-state index contributed by atoms with van der Waals surface area (Å²) in [6.07, 6.45) is 8.50. The Labute approximate surface area is 222 Å². The van der Waals surface area contributed by atoms with Gasteiger partial charge in [-0.25, -0.2) is 0 Å². The summed E-state index contributed by atoms with van der Waals surface area (Å²) in [5, 5.41) is 34.6. The molecule has 0 amide bonds. The van der Waals surface area contributed by atoms with Crippen LogP contribution in [-0.2, 0) is 4.74 Å². The van der Waals surface area contributed by atoms with Gasteiger partial charge in [-0.3, -0.25) is 4.79 Å². The smallest absolute Gasteiger partial charge is 0.255 e. The number of nitrogens with one attached hydrogen (secondary N) is 1. The summed E-state index contributed by atoms with van der Waals surface area (Å²) in [5.74, 6) is 0.118. The SMILES string of the molecule is CN(C)C1CC23CCC4(O2)C2CC=C(c5ccc6c(=O)[nH]ccc6c5)C2(C)CCC4(C#N)C=C3C(O)C1O. The van der Waals surface area contributed by atoms with E-state index < -0.39 is 28.8 Å². The number of fused-ring (bicyclic) bond motifs is 2. The molecule has 2 aliphatic heterocycles. The van der Waals surface area contributed by atoms with Crippen LogP contribution in [-0.4, -0.2) is 63.6 Å². The molecule has 2 saturated carbocycles. The number of hydrogen-bond acceptors (Lipinski definition) is 6. The van der Waals surface area contributed by atoms with E-state index in [0.29, 0.717) is 23.8 Å². The van der Waals surface area contributed by atoms with Crippen molar-refractivity contribution in [1.29, 1.82) is 5.26 Å². The van der Waals surface area contributed by atoms with Crippen LogP contribution in [0.3, 0.4) is 0 Å². The van der Waals surface area contributed by atoms with Gasteiger partial charge < -0.3 is 24.8 Å². The van der Waals surface area contributed by atoms with Crippen molar-refractivity contribution in [3.63, 3.8) is 0 Å². The number of allylic oxidation sites excluding steroid dienone is 2. The molecule has 2 aromatic rings. The lowest BCUT2D eigenvalue weighted by Gasteiger charge is -2.61. The van der Waals surface area contributed by atoms with Crippen LogP contribution in [0, 0.1) is 28.1 Å². The molecule has 1 aromatic heterocycles. The standard InChI is InChI=1S/C31H35N3O4/c1-28-9-10-29(17-32)15-22-25(35)26(36)23(34(2)3)16-30(22)11-12-31(29,38-30)24(28)7-6-21(28)19-4-5-20-18(14-19)8-13-33-27(20)37/h4-6,8,13-15,23-26,35-36H,7,9-12,16H2,1-3H3,(H,33,37). The highest BCUT2D eigenvalue weighted by Crippen LogP contribution is 2.72. The number of ether oxygens (including phenoxy) is 1. The van der Waals surface area contributed by atoms with Gasteiger partial charge in [0.2, 0.25) is 0 Å². The first-order valence-electron chi connectivity index (χ1n) is 13.8. The largest absolute Gasteiger partial charge is 0.388 e. The van der Waals surface area contributed by atoms with Crippen LogP contribution in [0.25, 0.3) is 16.3 Å². The van der Waals surface area contributed by atoms with Gasteiger partial charge in [0.25, 0.3) is 5.56 Å². The Hall–Kier alpha value is -2.76. The van der Waals surface area contributed by atoms with E-state index in [1.807, 2.05) is 37.2 Å². The third kappa shape index (κ3) is 2.79. The molecule has 2 spiro atoms. The van der Waals surface area contributed by atoms with Crippen molar-refractivity contribution in [2.24, 2.45) is 16.7 Å². The lowest BCUT2D eigenvalue weighted by molar-refractivity contribution is -0.223. The maximum absolute atomic E-state index is 12.3. The van der Waals surface area contributed by atoms with Crippen LogP contribution >= 0.6 is 0 Å². The number of rotatable bonds is 2. The van der Waals surface area contributed by atoms with Crippen molar-refractivity contribution in [1.82, 2.24) is 9.88 Å². The van der Waals surface area contributed by atoms with Crippen LogP contribution in [0.5, 0.6) is 0 Å². The lowest BCUT2D eigenvalue weighted by Crippen LogP contribution is -2.66. The van der Waals surface area contributed by atoms with Crippen molar-refractivity contribution in [2.45, 2.75) is 74.9 Å². The summed E-state index contributed by atoms with van der Waals surface area (Å²) < 4.78 is 7.26. The number of hydrogen-bond donors (Lipinski definition) is 3. The summed E-state index contributed by atoms with van der Waals surface area (Å²) in [7, 11) is 3.86. The third-order valence-corrected chi connectivity index (χ3v) is 11.0. The number of aliphatic hydroxyl groups is 2. The van der Waals surface area contributed by atoms with Gasteiger partial charge in [0, 0.05) is 23.5 Å². The molecule has 198 valence electrons. The summed E-state index contributed by atoms with van der Waals surface area (Å²) in [6.45, 7) is 2.32. The first-order valence-corrected chi connectivity index (χ1v) is 13.8. The fraction of sp³-hybridized carbons (Fsp3) is 0.548. The van der Waals surface area contributed by atoms with Gasteiger partial charge >= 0.3 is 0 Å². The van der Waals surface area contributed by atoms with Gasteiger partial charge in [0.1, 0.15) is 11.5 Å². The van der Waals surface area contributed by atoms with Gasteiger partial charge in [-0.2, -0.15) is 5.26 Å². The minimum atomic E-state index is -1.04. The summed E-state index contributed by atoms with van der Waals surface area (Å²) in [5.41, 5.74) is 0.708. The van der Waals surface area contributed by atoms with E-state index in [0.717, 1.165) is 36.6 Å². The van der Waals surface area contributed by atoms with Crippen LogP contribution < -0.4 is 5.56 Å². The topological polar surface area (TPSA) is 110 Å². The molecule has 38 heavy (non-hydrogen) atoms. The Morgan fingerprint density at radius 3 is 2.74 bits per heavy atom. The average Bonchev–Trinajstić information content (AvgIpc) is 3.43. The highest BCUT2D eigenvalue weighted by molar-refractivity contribution is 5.87. The van der Waals surface area contributed by atoms with E-state index in [1.54, 1.807) is 6.20 Å². The molecule has 3 aliphatic carbocycles. The number of likely N-dealkylation sites (N-methyl/N-ethyl adjacent to an activating group) is 1. The quantitative estimate of drug-likeness (QED) is 0.530. The van der Waals surface area contributed by atoms with Crippen molar-refractivity contribution in [2.75, 3.05) is 14.1 Å². The van der Waals surface area contributed by atoms with Gasteiger partial charge in [-0.05, 0) is 98.3 Å². The molecule has 0 radical (unpaired) electrons. The normalized spacial score (nSPS) is 43.2. The predicted octanol–water partition coefficient (Wildman–Crippen LogP) is 3.53. The highest BCUT2D eigenvalue weighted by Gasteiger charge is 2.74. The molecule has 7 nitrogen and oxygen atoms in total. The zero-order valence-electron chi connectivity index (χ0n) is 22.2. The second-order valence-corrected chi connectivity index (χ2v) is 12.8. The van der Waals surface area contributed by atoms with Gasteiger partial charge in [0.15, 0.2) is 0 Å². The number of nitrogens with zero attached hydrogens (tertiary/aromatic N) is 2. The molecule has 5 aliphatic rings. The number of aliphatic hydroxyl groups excluding tert-OH is 2. The van der Waals surface area contributed by atoms with E-state index in [9.17, 15) is 20.3 Å². The van der Waals surface area contributed by atoms with E-state index in [1.165, 1.54) is 5.57 Å². The Balaban J connectivity index is 1.33. The van der Waals surface area contributed by atoms with Crippen molar-refractivity contribution < 1.29 is 14.9 Å². The molecule has 1 saturated heterocycles. The number of H-pyrrole nitrogens is 1. The molecule has 1 aromatic carbocycles. The lowest BCUT2D eigenvalue weighted by atomic mass is 9.49. The maximum atomic E-state index is 12.3. The maximum Gasteiger partial charge on any atom is 0.255 e. The summed E-state index contributed by atoms with van der Waals surface area (Å²) in [6, 6.07) is 10.5. The molecular weight excluding hydrogens is 478 g/mol. The van der Waals surface area contributed by atoms with E-state index in [2.05, 4.69) is 36.2 Å². The Morgan fingerprint density at radius 2 is 1.97 bits per heavy atom. The minimum Gasteiger partial charge on any atom is -0.388 e. The molecule has 8 atom stereocenters. The van der Waals surface area contributed by atoms with Crippen molar-refractivity contribution in [3.05, 3.63) is 64.1 Å². The molecule has 2 bridgehead atoms. The predicted molar refractivity (Wildman–Crippen MR) is 144 cm³/mol. The third-order valence-electron chi connectivity index (χ3n) is 11.0. The summed E-state index contributed by atoms with van der Waals surface area (Å²) >= 11 is 0. The fourth-order valence-corrected chi connectivity index (χ4v) is 9.05. The van der Waals surface area contributed by atoms with Gasteiger partial charge in [0.05, 0.1) is 23.4 Å². The zero-order valence-corrected chi connectivity index (χ0v) is 22.2. The summed E-state index contributed by atoms with van der Waals surface area (Å²) in [4.78, 5) is 17.0. The van der Waals surface area contributed by atoms with Crippen LogP contribution in [0.1, 0.15) is 51.0 Å². The van der Waals surface area contributed by atoms with Crippen molar-refractivity contribution >= 4 is 16.3 Å². The first kappa shape index (κ1) is 24.3. The van der Waals surface area contributed by atoms with Crippen LogP contribution in [0.15, 0.2) is 53.0 Å².